The number of rotatable bonds is 2. The first kappa shape index (κ1) is 15.7. The highest BCUT2D eigenvalue weighted by atomic mass is 127. The van der Waals surface area contributed by atoms with Crippen LogP contribution in [0.15, 0.2) is 6.07 Å². The Morgan fingerprint density at radius 1 is 1.30 bits per heavy atom. The summed E-state index contributed by atoms with van der Waals surface area (Å²) in [7, 11) is 0. The number of halogens is 1. The van der Waals surface area contributed by atoms with E-state index in [4.69, 9.17) is 9.84 Å². The van der Waals surface area contributed by atoms with E-state index < -0.39 is 5.60 Å². The quantitative estimate of drug-likeness (QED) is 0.673. The number of piperidine rings is 1. The Morgan fingerprint density at radius 3 is 2.48 bits per heavy atom. The predicted molar refractivity (Wildman–Crippen MR) is 95.4 cm³/mol. The summed E-state index contributed by atoms with van der Waals surface area (Å²) in [5, 5.41) is 4.72. The number of likely N-dealkylation sites (tertiary alicyclic amines) is 1. The van der Waals surface area contributed by atoms with E-state index in [0.717, 1.165) is 16.8 Å². The predicted octanol–water partition coefficient (Wildman–Crippen LogP) is 3.79. The second-order valence-corrected chi connectivity index (χ2v) is 9.27. The molecule has 0 N–H and O–H groups in total. The van der Waals surface area contributed by atoms with Crippen molar-refractivity contribution in [2.75, 3.05) is 13.1 Å². The van der Waals surface area contributed by atoms with E-state index in [2.05, 4.69) is 33.3 Å². The highest BCUT2D eigenvalue weighted by Gasteiger charge is 2.59. The van der Waals surface area contributed by atoms with Crippen LogP contribution in [-0.4, -0.2) is 39.5 Å². The molecule has 4 rings (SSSR count). The van der Waals surface area contributed by atoms with Gasteiger partial charge >= 0.3 is 6.09 Å². The van der Waals surface area contributed by atoms with Crippen LogP contribution in [-0.2, 0) is 4.74 Å². The highest BCUT2D eigenvalue weighted by molar-refractivity contribution is 14.1. The van der Waals surface area contributed by atoms with Crippen molar-refractivity contribution in [3.63, 3.8) is 0 Å². The van der Waals surface area contributed by atoms with E-state index >= 15 is 0 Å². The van der Waals surface area contributed by atoms with E-state index in [9.17, 15) is 4.79 Å². The molecule has 1 amide bonds. The number of fused-ring (bicyclic) bond motifs is 1. The van der Waals surface area contributed by atoms with Crippen LogP contribution in [0.5, 0.6) is 0 Å². The number of carbonyl (C=O) groups excluding carboxylic acids is 1. The first-order chi connectivity index (χ1) is 10.8. The van der Waals surface area contributed by atoms with Gasteiger partial charge in [-0.1, -0.05) is 0 Å². The molecule has 0 bridgehead atoms. The molecule has 5 nitrogen and oxygen atoms in total. The number of amides is 1. The highest BCUT2D eigenvalue weighted by Crippen LogP contribution is 2.59. The summed E-state index contributed by atoms with van der Waals surface area (Å²) in [6.07, 6.45) is 3.68. The van der Waals surface area contributed by atoms with Crippen LogP contribution in [0.2, 0.25) is 0 Å². The number of carbonyl (C=O) groups is 1. The van der Waals surface area contributed by atoms with Crippen LogP contribution in [0.4, 0.5) is 4.79 Å². The third kappa shape index (κ3) is 2.87. The van der Waals surface area contributed by atoms with E-state index in [1.807, 2.05) is 25.7 Å². The van der Waals surface area contributed by atoms with Crippen molar-refractivity contribution < 1.29 is 9.53 Å². The minimum atomic E-state index is -0.414. The summed E-state index contributed by atoms with van der Waals surface area (Å²) in [5.41, 5.74) is 0.986. The zero-order valence-electron chi connectivity index (χ0n) is 14.0. The molecule has 23 heavy (non-hydrogen) atoms. The Morgan fingerprint density at radius 2 is 1.96 bits per heavy atom. The molecule has 2 saturated carbocycles. The van der Waals surface area contributed by atoms with E-state index in [1.165, 1.54) is 25.0 Å². The normalized spacial score (nSPS) is 30.1. The molecule has 3 atom stereocenters. The van der Waals surface area contributed by atoms with Gasteiger partial charge in [-0.25, -0.2) is 4.79 Å². The third-order valence-corrected chi connectivity index (χ3v) is 5.87. The van der Waals surface area contributed by atoms with E-state index in [-0.39, 0.29) is 6.09 Å². The SMILES string of the molecule is CC(C)(C)OC(=O)N1C[C@@H]2C(c3cc(I)nn3C3CCC3)[C@@H]2C1. The van der Waals surface area contributed by atoms with Crippen molar-refractivity contribution in [1.82, 2.24) is 14.7 Å². The lowest BCUT2D eigenvalue weighted by molar-refractivity contribution is 0.0270. The molecular weight excluding hydrogens is 405 g/mol. The van der Waals surface area contributed by atoms with Crippen LogP contribution < -0.4 is 0 Å². The number of ether oxygens (including phenoxy) is 1. The molecule has 3 aliphatic rings. The second kappa shape index (κ2) is 5.36. The van der Waals surface area contributed by atoms with Crippen LogP contribution in [0, 0.1) is 15.5 Å². The minimum Gasteiger partial charge on any atom is -0.444 e. The zero-order valence-corrected chi connectivity index (χ0v) is 16.1. The fourth-order valence-corrected chi connectivity index (χ4v) is 4.54. The number of aromatic nitrogens is 2. The Balaban J connectivity index is 1.42. The standard InChI is InChI=1S/C17H24IN3O2/c1-17(2,3)23-16(22)20-8-11-12(9-20)15(11)13-7-14(18)19-21(13)10-5-4-6-10/h7,10-12,15H,4-6,8-9H2,1-3H3/t11-,12+,15?. The lowest BCUT2D eigenvalue weighted by Gasteiger charge is -2.29. The van der Waals surface area contributed by atoms with Gasteiger partial charge in [-0.05, 0) is 80.5 Å². The second-order valence-electron chi connectivity index (χ2n) is 8.16. The molecule has 2 heterocycles. The fraction of sp³-hybridized carbons (Fsp3) is 0.765. The van der Waals surface area contributed by atoms with Crippen molar-refractivity contribution in [3.05, 3.63) is 15.5 Å². The largest absolute Gasteiger partial charge is 0.444 e. The molecular formula is C17H24IN3O2. The van der Waals surface area contributed by atoms with Gasteiger partial charge in [0.15, 0.2) is 0 Å². The monoisotopic (exact) mass is 429 g/mol. The molecule has 1 aromatic rings. The third-order valence-electron chi connectivity index (χ3n) is 5.34. The zero-order chi connectivity index (χ0) is 16.4. The summed E-state index contributed by atoms with van der Waals surface area (Å²) in [4.78, 5) is 14.1. The fourth-order valence-electron chi connectivity index (χ4n) is 3.99. The van der Waals surface area contributed by atoms with Gasteiger partial charge in [-0.15, -0.1) is 0 Å². The smallest absolute Gasteiger partial charge is 0.410 e. The molecule has 1 aliphatic heterocycles. The molecule has 1 aromatic heterocycles. The minimum absolute atomic E-state index is 0.162. The van der Waals surface area contributed by atoms with Gasteiger partial charge in [0.05, 0.1) is 6.04 Å². The number of hydrogen-bond donors (Lipinski definition) is 0. The summed E-state index contributed by atoms with van der Waals surface area (Å²) in [5.74, 6) is 1.77. The molecule has 1 unspecified atom stereocenters. The Labute approximate surface area is 150 Å². The van der Waals surface area contributed by atoms with Crippen LogP contribution >= 0.6 is 22.6 Å². The Kier molecular flexibility index (Phi) is 3.66. The molecule has 0 spiro atoms. The molecule has 0 aromatic carbocycles. The maximum Gasteiger partial charge on any atom is 0.410 e. The van der Waals surface area contributed by atoms with Gasteiger partial charge in [0.25, 0.3) is 0 Å². The number of nitrogens with zero attached hydrogens (tertiary/aromatic N) is 3. The van der Waals surface area contributed by atoms with Crippen molar-refractivity contribution in [2.24, 2.45) is 11.8 Å². The van der Waals surface area contributed by atoms with Crippen molar-refractivity contribution >= 4 is 28.7 Å². The van der Waals surface area contributed by atoms with Crippen molar-refractivity contribution in [2.45, 2.75) is 57.6 Å². The summed E-state index contributed by atoms with van der Waals surface area (Å²) in [6, 6.07) is 2.86. The molecule has 0 radical (unpaired) electrons. The van der Waals surface area contributed by atoms with Crippen LogP contribution in [0.3, 0.4) is 0 Å². The van der Waals surface area contributed by atoms with Gasteiger partial charge in [0, 0.05) is 24.7 Å². The van der Waals surface area contributed by atoms with Gasteiger partial charge < -0.3 is 9.64 Å². The average molecular weight is 429 g/mol. The summed E-state index contributed by atoms with van der Waals surface area (Å²) < 4.78 is 8.87. The lowest BCUT2D eigenvalue weighted by Crippen LogP contribution is -2.37. The van der Waals surface area contributed by atoms with E-state index in [0.29, 0.717) is 23.8 Å². The van der Waals surface area contributed by atoms with Crippen LogP contribution in [0.25, 0.3) is 0 Å². The molecule has 6 heteroatoms. The Bertz CT molecular complexity index is 620. The average Bonchev–Trinajstić information content (AvgIpc) is 2.74. The van der Waals surface area contributed by atoms with Crippen molar-refractivity contribution in [1.29, 1.82) is 0 Å². The first-order valence-corrected chi connectivity index (χ1v) is 9.64. The van der Waals surface area contributed by atoms with Crippen molar-refractivity contribution in [3.8, 4) is 0 Å². The maximum atomic E-state index is 12.2. The van der Waals surface area contributed by atoms with Gasteiger partial charge in [0.2, 0.25) is 0 Å². The van der Waals surface area contributed by atoms with Gasteiger partial charge in [-0.3, -0.25) is 4.68 Å². The van der Waals surface area contributed by atoms with Gasteiger partial charge in [-0.2, -0.15) is 5.10 Å². The summed E-state index contributed by atoms with van der Waals surface area (Å²) >= 11 is 2.32. The topological polar surface area (TPSA) is 47.4 Å². The lowest BCUT2D eigenvalue weighted by atomic mass is 9.93. The summed E-state index contributed by atoms with van der Waals surface area (Å²) in [6.45, 7) is 7.42. The number of hydrogen-bond acceptors (Lipinski definition) is 3. The first-order valence-electron chi connectivity index (χ1n) is 8.56. The van der Waals surface area contributed by atoms with E-state index in [1.54, 1.807) is 0 Å². The van der Waals surface area contributed by atoms with Crippen LogP contribution in [0.1, 0.15) is 57.7 Å². The Hall–Kier alpha value is -0.790. The van der Waals surface area contributed by atoms with Gasteiger partial charge in [0.1, 0.15) is 9.30 Å². The molecule has 126 valence electrons. The maximum absolute atomic E-state index is 12.2. The molecule has 1 saturated heterocycles. The molecule has 3 fully saturated rings. The molecule has 2 aliphatic carbocycles.